The predicted molar refractivity (Wildman–Crippen MR) is 69.0 cm³/mol. The van der Waals surface area contributed by atoms with Crippen molar-refractivity contribution in [1.82, 2.24) is 9.55 Å². The second-order valence-corrected chi connectivity index (χ2v) is 4.05. The highest BCUT2D eigenvalue weighted by Crippen LogP contribution is 2.23. The second kappa shape index (κ2) is 5.00. The number of imidazole rings is 1. The SMILES string of the molecule is COC(=O)c1ncn(-c2cc(Cl)ccc2C#N)c1N. The molecule has 0 atom stereocenters. The van der Waals surface area contributed by atoms with Crippen LogP contribution in [0.4, 0.5) is 5.82 Å². The summed E-state index contributed by atoms with van der Waals surface area (Å²) in [5.74, 6) is -0.553. The molecule has 0 bridgehead atoms. The summed E-state index contributed by atoms with van der Waals surface area (Å²) in [6, 6.07) is 6.75. The van der Waals surface area contributed by atoms with Crippen LogP contribution in [0.3, 0.4) is 0 Å². The minimum atomic E-state index is -0.642. The monoisotopic (exact) mass is 276 g/mol. The lowest BCUT2D eigenvalue weighted by Crippen LogP contribution is -2.08. The molecule has 2 N–H and O–H groups in total. The van der Waals surface area contributed by atoms with Crippen LogP contribution in [0.25, 0.3) is 5.69 Å². The highest BCUT2D eigenvalue weighted by Gasteiger charge is 2.18. The molecule has 1 heterocycles. The molecule has 0 aliphatic carbocycles. The van der Waals surface area contributed by atoms with E-state index in [0.717, 1.165) is 0 Å². The van der Waals surface area contributed by atoms with Crippen LogP contribution in [0.1, 0.15) is 16.1 Å². The molecular formula is C12H9ClN4O2. The van der Waals surface area contributed by atoms with Crippen LogP contribution in [0.5, 0.6) is 0 Å². The Bertz CT molecular complexity index is 688. The van der Waals surface area contributed by atoms with Gasteiger partial charge in [-0.15, -0.1) is 0 Å². The first-order valence-electron chi connectivity index (χ1n) is 5.19. The summed E-state index contributed by atoms with van der Waals surface area (Å²) in [7, 11) is 1.24. The number of methoxy groups -OCH3 is 1. The fourth-order valence-corrected chi connectivity index (χ4v) is 1.77. The molecule has 0 aliphatic heterocycles. The molecule has 6 nitrogen and oxygen atoms in total. The van der Waals surface area contributed by atoms with E-state index in [-0.39, 0.29) is 11.5 Å². The number of nitriles is 1. The number of hydrogen-bond donors (Lipinski definition) is 1. The van der Waals surface area contributed by atoms with Gasteiger partial charge >= 0.3 is 5.97 Å². The molecule has 2 rings (SSSR count). The van der Waals surface area contributed by atoms with E-state index in [2.05, 4.69) is 9.72 Å². The number of aromatic nitrogens is 2. The smallest absolute Gasteiger partial charge is 0.360 e. The summed E-state index contributed by atoms with van der Waals surface area (Å²) >= 11 is 5.90. The molecule has 1 aromatic heterocycles. The highest BCUT2D eigenvalue weighted by atomic mass is 35.5. The number of nitrogen functional groups attached to an aromatic ring is 1. The van der Waals surface area contributed by atoms with Crippen LogP contribution in [0, 0.1) is 11.3 Å². The summed E-state index contributed by atoms with van der Waals surface area (Å²) in [4.78, 5) is 15.3. The molecule has 0 fully saturated rings. The molecule has 1 aromatic carbocycles. The Hall–Kier alpha value is -2.52. The van der Waals surface area contributed by atoms with E-state index in [4.69, 9.17) is 22.6 Å². The van der Waals surface area contributed by atoms with Crippen molar-refractivity contribution in [3.8, 4) is 11.8 Å². The van der Waals surface area contributed by atoms with Crippen LogP contribution < -0.4 is 5.73 Å². The van der Waals surface area contributed by atoms with Crippen LogP contribution in [-0.2, 0) is 4.74 Å². The van der Waals surface area contributed by atoms with E-state index in [0.29, 0.717) is 16.3 Å². The minimum Gasteiger partial charge on any atom is -0.464 e. The van der Waals surface area contributed by atoms with Gasteiger partial charge in [-0.1, -0.05) is 11.6 Å². The summed E-state index contributed by atoms with van der Waals surface area (Å²) in [5.41, 5.74) is 6.64. The number of benzene rings is 1. The maximum atomic E-state index is 11.4. The number of nitrogens with zero attached hydrogens (tertiary/aromatic N) is 3. The molecule has 0 aliphatic rings. The molecule has 0 radical (unpaired) electrons. The van der Waals surface area contributed by atoms with Gasteiger partial charge in [0, 0.05) is 5.02 Å². The third kappa shape index (κ3) is 2.23. The Morgan fingerprint density at radius 3 is 2.95 bits per heavy atom. The Balaban J connectivity index is 2.61. The van der Waals surface area contributed by atoms with Gasteiger partial charge in [0.1, 0.15) is 18.2 Å². The van der Waals surface area contributed by atoms with Gasteiger partial charge in [0.25, 0.3) is 0 Å². The molecule has 96 valence electrons. The molecular weight excluding hydrogens is 268 g/mol. The molecule has 19 heavy (non-hydrogen) atoms. The number of hydrogen-bond acceptors (Lipinski definition) is 5. The van der Waals surface area contributed by atoms with Crippen molar-refractivity contribution >= 4 is 23.4 Å². The number of ether oxygens (including phenoxy) is 1. The molecule has 0 unspecified atom stereocenters. The zero-order valence-corrected chi connectivity index (χ0v) is 10.7. The molecule has 0 saturated carbocycles. The van der Waals surface area contributed by atoms with Gasteiger partial charge in [0.2, 0.25) is 0 Å². The van der Waals surface area contributed by atoms with Crippen molar-refractivity contribution in [2.75, 3.05) is 12.8 Å². The van der Waals surface area contributed by atoms with Gasteiger partial charge in [-0.2, -0.15) is 5.26 Å². The number of esters is 1. The maximum Gasteiger partial charge on any atom is 0.360 e. The first kappa shape index (κ1) is 12.9. The van der Waals surface area contributed by atoms with Gasteiger partial charge in [0.05, 0.1) is 18.4 Å². The van der Waals surface area contributed by atoms with Crippen LogP contribution in [0.2, 0.25) is 5.02 Å². The molecule has 0 saturated heterocycles. The fourth-order valence-electron chi connectivity index (χ4n) is 1.60. The Labute approximate surface area is 114 Å². The summed E-state index contributed by atoms with van der Waals surface area (Å²) < 4.78 is 5.97. The molecule has 0 spiro atoms. The molecule has 2 aromatic rings. The first-order valence-corrected chi connectivity index (χ1v) is 5.57. The number of nitrogens with two attached hydrogens (primary N) is 1. The number of rotatable bonds is 2. The van der Waals surface area contributed by atoms with Gasteiger partial charge < -0.3 is 10.5 Å². The van der Waals surface area contributed by atoms with E-state index < -0.39 is 5.97 Å². The standard InChI is InChI=1S/C12H9ClN4O2/c1-19-12(18)10-11(15)17(6-16-10)9-4-8(13)3-2-7(9)5-14/h2-4,6H,15H2,1H3. The average Bonchev–Trinajstić information content (AvgIpc) is 2.79. The summed E-state index contributed by atoms with van der Waals surface area (Å²) in [6.07, 6.45) is 1.34. The average molecular weight is 277 g/mol. The van der Waals surface area contributed by atoms with E-state index in [1.54, 1.807) is 18.2 Å². The van der Waals surface area contributed by atoms with Gasteiger partial charge in [-0.3, -0.25) is 4.57 Å². The Morgan fingerprint density at radius 2 is 2.32 bits per heavy atom. The topological polar surface area (TPSA) is 93.9 Å². The summed E-state index contributed by atoms with van der Waals surface area (Å²) in [5, 5.41) is 9.51. The van der Waals surface area contributed by atoms with E-state index >= 15 is 0 Å². The zero-order valence-electron chi connectivity index (χ0n) is 9.92. The maximum absolute atomic E-state index is 11.4. The van der Waals surface area contributed by atoms with E-state index in [1.807, 2.05) is 6.07 Å². The zero-order chi connectivity index (χ0) is 14.0. The quantitative estimate of drug-likeness (QED) is 0.844. The lowest BCUT2D eigenvalue weighted by molar-refractivity contribution is 0.0596. The Morgan fingerprint density at radius 1 is 1.58 bits per heavy atom. The van der Waals surface area contributed by atoms with E-state index in [1.165, 1.54) is 18.0 Å². The summed E-state index contributed by atoms with van der Waals surface area (Å²) in [6.45, 7) is 0. The number of halogens is 1. The number of carbonyl (C=O) groups excluding carboxylic acids is 1. The molecule has 0 amide bonds. The molecule has 7 heteroatoms. The van der Waals surface area contributed by atoms with Crippen molar-refractivity contribution in [3.63, 3.8) is 0 Å². The van der Waals surface area contributed by atoms with Gasteiger partial charge in [-0.05, 0) is 18.2 Å². The fraction of sp³-hybridized carbons (Fsp3) is 0.0833. The van der Waals surface area contributed by atoms with Crippen molar-refractivity contribution in [1.29, 1.82) is 5.26 Å². The largest absolute Gasteiger partial charge is 0.464 e. The predicted octanol–water partition coefficient (Wildman–Crippen LogP) is 1.77. The third-order valence-corrected chi connectivity index (χ3v) is 2.76. The van der Waals surface area contributed by atoms with Crippen molar-refractivity contribution in [2.24, 2.45) is 0 Å². The number of carbonyl (C=O) groups is 1. The van der Waals surface area contributed by atoms with Crippen LogP contribution in [-0.4, -0.2) is 22.6 Å². The lowest BCUT2D eigenvalue weighted by atomic mass is 10.2. The van der Waals surface area contributed by atoms with Crippen LogP contribution in [0.15, 0.2) is 24.5 Å². The Kier molecular flexibility index (Phi) is 3.40. The highest BCUT2D eigenvalue weighted by molar-refractivity contribution is 6.30. The van der Waals surface area contributed by atoms with Gasteiger partial charge in [0.15, 0.2) is 5.69 Å². The van der Waals surface area contributed by atoms with Crippen molar-refractivity contribution in [2.45, 2.75) is 0 Å². The van der Waals surface area contributed by atoms with Crippen molar-refractivity contribution < 1.29 is 9.53 Å². The van der Waals surface area contributed by atoms with Gasteiger partial charge in [-0.25, -0.2) is 9.78 Å². The second-order valence-electron chi connectivity index (χ2n) is 3.61. The number of anilines is 1. The first-order chi connectivity index (χ1) is 9.08. The van der Waals surface area contributed by atoms with E-state index in [9.17, 15) is 4.79 Å². The minimum absolute atomic E-state index is 0.00800. The normalized spacial score (nSPS) is 9.95. The van der Waals surface area contributed by atoms with Crippen molar-refractivity contribution in [3.05, 3.63) is 40.8 Å². The lowest BCUT2D eigenvalue weighted by Gasteiger charge is -2.07. The third-order valence-electron chi connectivity index (χ3n) is 2.52. The van der Waals surface area contributed by atoms with Crippen LogP contribution >= 0.6 is 11.6 Å².